The molecule has 0 unspecified atom stereocenters. The fourth-order valence-corrected chi connectivity index (χ4v) is 2.99. The summed E-state index contributed by atoms with van der Waals surface area (Å²) in [4.78, 5) is 0. The van der Waals surface area contributed by atoms with Crippen molar-refractivity contribution in [1.29, 1.82) is 0 Å². The lowest BCUT2D eigenvalue weighted by Gasteiger charge is -2.31. The van der Waals surface area contributed by atoms with E-state index in [1.807, 2.05) is 24.3 Å². The van der Waals surface area contributed by atoms with Gasteiger partial charge in [-0.1, -0.05) is 37.5 Å². The molecule has 2 aliphatic rings. The van der Waals surface area contributed by atoms with Crippen LogP contribution in [0.5, 0.6) is 11.5 Å². The Balaban J connectivity index is 1.81. The first kappa shape index (κ1) is 13.2. The Morgan fingerprint density at radius 2 is 1.80 bits per heavy atom. The quantitative estimate of drug-likeness (QED) is 0.521. The number of allylic oxidation sites excluding steroid dienone is 2. The van der Waals surface area contributed by atoms with Crippen molar-refractivity contribution in [2.45, 2.75) is 40.0 Å². The normalized spacial score (nSPS) is 19.6. The molecule has 2 nitrogen and oxygen atoms in total. The van der Waals surface area contributed by atoms with Crippen LogP contribution in [0.15, 0.2) is 35.4 Å². The van der Waals surface area contributed by atoms with E-state index in [-0.39, 0.29) is 5.41 Å². The topological polar surface area (TPSA) is 18.5 Å². The molecular formula is C17H19BO2. The average molecular weight is 266 g/mol. The van der Waals surface area contributed by atoms with Crippen molar-refractivity contribution in [3.05, 3.63) is 35.4 Å². The van der Waals surface area contributed by atoms with E-state index in [0.717, 1.165) is 17.9 Å². The molecule has 0 saturated heterocycles. The molecule has 0 spiro atoms. The highest BCUT2D eigenvalue weighted by atomic mass is 16.6. The lowest BCUT2D eigenvalue weighted by atomic mass is 9.72. The summed E-state index contributed by atoms with van der Waals surface area (Å²) in [5, 5.41) is 0. The summed E-state index contributed by atoms with van der Waals surface area (Å²) in [6, 6.07) is 7.70. The Hall–Kier alpha value is -1.82. The molecule has 1 heterocycles. The van der Waals surface area contributed by atoms with Crippen molar-refractivity contribution in [1.82, 2.24) is 0 Å². The molecule has 0 amide bonds. The zero-order chi connectivity index (χ0) is 14.2. The minimum atomic E-state index is -0.481. The fourth-order valence-electron chi connectivity index (χ4n) is 2.99. The van der Waals surface area contributed by atoms with Crippen LogP contribution < -0.4 is 9.31 Å². The van der Waals surface area contributed by atoms with Gasteiger partial charge in [0, 0.05) is 5.57 Å². The zero-order valence-electron chi connectivity index (χ0n) is 12.3. The Labute approximate surface area is 121 Å². The molecule has 1 aliphatic heterocycles. The van der Waals surface area contributed by atoms with Crippen LogP contribution in [0.2, 0.25) is 0 Å². The molecule has 0 saturated carbocycles. The van der Waals surface area contributed by atoms with Gasteiger partial charge in [0.1, 0.15) is 11.5 Å². The molecule has 0 N–H and O–H groups in total. The first-order chi connectivity index (χ1) is 9.56. The largest absolute Gasteiger partial charge is 0.690 e. The van der Waals surface area contributed by atoms with Crippen LogP contribution >= 0.6 is 0 Å². The molecule has 102 valence electrons. The van der Waals surface area contributed by atoms with Gasteiger partial charge in [0.05, 0.1) is 0 Å². The van der Waals surface area contributed by atoms with Crippen LogP contribution in [0.1, 0.15) is 40.0 Å². The molecule has 1 aromatic carbocycles. The smallest absolute Gasteiger partial charge is 0.512 e. The Kier molecular flexibility index (Phi) is 3.26. The van der Waals surface area contributed by atoms with E-state index in [1.54, 1.807) is 0 Å². The molecule has 0 atom stereocenters. The van der Waals surface area contributed by atoms with Crippen molar-refractivity contribution >= 4 is 7.12 Å². The predicted octanol–water partition coefficient (Wildman–Crippen LogP) is 4.02. The molecule has 20 heavy (non-hydrogen) atoms. The first-order valence-corrected chi connectivity index (χ1v) is 7.20. The average Bonchev–Trinajstić information content (AvgIpc) is 2.80. The second-order valence-corrected chi connectivity index (χ2v) is 6.18. The highest BCUT2D eigenvalue weighted by Crippen LogP contribution is 2.39. The molecule has 0 fully saturated rings. The third-order valence-electron chi connectivity index (χ3n) is 4.09. The predicted molar refractivity (Wildman–Crippen MR) is 81.6 cm³/mol. The van der Waals surface area contributed by atoms with Crippen molar-refractivity contribution < 1.29 is 9.31 Å². The van der Waals surface area contributed by atoms with Crippen molar-refractivity contribution in [2.75, 3.05) is 0 Å². The zero-order valence-corrected chi connectivity index (χ0v) is 12.3. The van der Waals surface area contributed by atoms with E-state index in [0.29, 0.717) is 0 Å². The van der Waals surface area contributed by atoms with Gasteiger partial charge in [0.15, 0.2) is 0 Å². The molecule has 1 aliphatic carbocycles. The van der Waals surface area contributed by atoms with E-state index in [1.165, 1.54) is 24.0 Å². The number of hydrogen-bond acceptors (Lipinski definition) is 2. The van der Waals surface area contributed by atoms with E-state index in [4.69, 9.17) is 9.31 Å². The number of rotatable bonds is 0. The van der Waals surface area contributed by atoms with Gasteiger partial charge >= 0.3 is 7.12 Å². The van der Waals surface area contributed by atoms with Crippen LogP contribution in [0.25, 0.3) is 0 Å². The maximum atomic E-state index is 5.68. The summed E-state index contributed by atoms with van der Waals surface area (Å²) >= 11 is 0. The number of benzene rings is 1. The molecule has 0 bridgehead atoms. The maximum absolute atomic E-state index is 5.68. The summed E-state index contributed by atoms with van der Waals surface area (Å²) in [6.45, 7) is 6.73. The lowest BCUT2D eigenvalue weighted by Crippen LogP contribution is -2.24. The van der Waals surface area contributed by atoms with Gasteiger partial charge in [-0.15, -0.1) is 0 Å². The monoisotopic (exact) mass is 266 g/mol. The second kappa shape index (κ2) is 4.94. The minimum Gasteiger partial charge on any atom is -0.512 e. The highest BCUT2D eigenvalue weighted by molar-refractivity contribution is 6.57. The number of fused-ring (bicyclic) bond motifs is 1. The van der Waals surface area contributed by atoms with Gasteiger partial charge in [-0.3, -0.25) is 0 Å². The summed E-state index contributed by atoms with van der Waals surface area (Å²) < 4.78 is 11.4. The molecule has 3 rings (SSSR count). The fraction of sp³-hybridized carbons (Fsp3) is 0.412. The van der Waals surface area contributed by atoms with Crippen LogP contribution in [0.3, 0.4) is 0 Å². The highest BCUT2D eigenvalue weighted by Gasteiger charge is 2.31. The summed E-state index contributed by atoms with van der Waals surface area (Å²) in [5.74, 6) is 8.01. The van der Waals surface area contributed by atoms with Gasteiger partial charge in [0.2, 0.25) is 0 Å². The third kappa shape index (κ3) is 2.43. The van der Waals surface area contributed by atoms with Crippen LogP contribution in [-0.2, 0) is 0 Å². The SMILES string of the molecule is CC1=C(C#CB2Oc3ccccc3O2)C(C)(C)CCC1. The molecular weight excluding hydrogens is 247 g/mol. The van der Waals surface area contributed by atoms with Gasteiger partial charge < -0.3 is 9.31 Å². The standard InChI is InChI=1S/C17H19BO2/c1-13-7-6-11-17(2,3)14(13)10-12-18-19-15-8-4-5-9-16(15)20-18/h4-5,8-9H,6-7,11H2,1-3H3. The molecule has 3 heteroatoms. The van der Waals surface area contributed by atoms with Gasteiger partial charge in [-0.2, -0.15) is 0 Å². The van der Waals surface area contributed by atoms with Gasteiger partial charge in [-0.05, 0) is 49.6 Å². The van der Waals surface area contributed by atoms with Crippen LogP contribution in [0, 0.1) is 17.2 Å². The van der Waals surface area contributed by atoms with Crippen LogP contribution in [-0.4, -0.2) is 7.12 Å². The van der Waals surface area contributed by atoms with E-state index in [9.17, 15) is 0 Å². The second-order valence-electron chi connectivity index (χ2n) is 6.18. The summed E-state index contributed by atoms with van der Waals surface area (Å²) in [7, 11) is -0.481. The Bertz CT molecular complexity index is 594. The Morgan fingerprint density at radius 1 is 1.15 bits per heavy atom. The molecule has 1 aromatic rings. The van der Waals surface area contributed by atoms with E-state index in [2.05, 4.69) is 32.5 Å². The molecule has 0 aromatic heterocycles. The third-order valence-corrected chi connectivity index (χ3v) is 4.09. The maximum Gasteiger partial charge on any atom is 0.690 e. The first-order valence-electron chi connectivity index (χ1n) is 7.20. The molecule has 0 radical (unpaired) electrons. The van der Waals surface area contributed by atoms with E-state index >= 15 is 0 Å². The van der Waals surface area contributed by atoms with Crippen molar-refractivity contribution in [3.8, 4) is 23.2 Å². The number of para-hydroxylation sites is 2. The van der Waals surface area contributed by atoms with Crippen molar-refractivity contribution in [3.63, 3.8) is 0 Å². The van der Waals surface area contributed by atoms with Gasteiger partial charge in [0.25, 0.3) is 0 Å². The minimum absolute atomic E-state index is 0.167. The summed E-state index contributed by atoms with van der Waals surface area (Å²) in [6.07, 6.45) is 3.60. The number of hydrogen-bond donors (Lipinski definition) is 0. The Morgan fingerprint density at radius 3 is 2.40 bits per heavy atom. The van der Waals surface area contributed by atoms with Crippen LogP contribution in [0.4, 0.5) is 0 Å². The lowest BCUT2D eigenvalue weighted by molar-refractivity contribution is 0.380. The van der Waals surface area contributed by atoms with Gasteiger partial charge in [-0.25, -0.2) is 0 Å². The van der Waals surface area contributed by atoms with E-state index < -0.39 is 7.12 Å². The summed E-state index contributed by atoms with van der Waals surface area (Å²) in [5.41, 5.74) is 2.83. The van der Waals surface area contributed by atoms with Crippen molar-refractivity contribution in [2.24, 2.45) is 5.41 Å².